The fourth-order valence-corrected chi connectivity index (χ4v) is 3.28. The van der Waals surface area contributed by atoms with Crippen molar-refractivity contribution in [3.05, 3.63) is 58.3 Å². The minimum atomic E-state index is -0.154. The van der Waals surface area contributed by atoms with Crippen LogP contribution in [0.15, 0.2) is 52.7 Å². The normalized spacial score (nSPS) is 16.2. The van der Waals surface area contributed by atoms with Crippen molar-refractivity contribution in [1.29, 1.82) is 0 Å². The Bertz CT molecular complexity index is 735. The SMILES string of the molecule is C=C/C(Cl)=C(CC(=O)c1ccc(OC)c(OC2CCCC2)c1)\C(Cl)=C/N. The van der Waals surface area contributed by atoms with Crippen LogP contribution < -0.4 is 15.2 Å². The number of Topliss-reactive ketones (excluding diaryl/α,β-unsaturated/α-hetero) is 1. The van der Waals surface area contributed by atoms with E-state index in [0.717, 1.165) is 25.7 Å². The van der Waals surface area contributed by atoms with Crippen LogP contribution in [0.2, 0.25) is 0 Å². The van der Waals surface area contributed by atoms with Crippen molar-refractivity contribution in [3.8, 4) is 11.5 Å². The zero-order valence-corrected chi connectivity index (χ0v) is 16.3. The van der Waals surface area contributed by atoms with E-state index in [9.17, 15) is 4.79 Å². The van der Waals surface area contributed by atoms with Crippen molar-refractivity contribution in [2.75, 3.05) is 7.11 Å². The van der Waals surface area contributed by atoms with Gasteiger partial charge in [-0.1, -0.05) is 35.9 Å². The summed E-state index contributed by atoms with van der Waals surface area (Å²) in [7, 11) is 1.58. The van der Waals surface area contributed by atoms with E-state index in [4.69, 9.17) is 38.4 Å². The van der Waals surface area contributed by atoms with E-state index in [1.165, 1.54) is 12.3 Å². The number of nitrogens with two attached hydrogens (primary N) is 1. The molecule has 6 heteroatoms. The summed E-state index contributed by atoms with van der Waals surface area (Å²) in [4.78, 5) is 12.7. The van der Waals surface area contributed by atoms with Gasteiger partial charge in [-0.3, -0.25) is 4.79 Å². The van der Waals surface area contributed by atoms with Crippen molar-refractivity contribution in [2.45, 2.75) is 38.2 Å². The molecule has 4 nitrogen and oxygen atoms in total. The first-order chi connectivity index (χ1) is 12.5. The molecule has 0 heterocycles. The van der Waals surface area contributed by atoms with E-state index in [-0.39, 0.29) is 23.3 Å². The Morgan fingerprint density at radius 1 is 1.31 bits per heavy atom. The zero-order valence-electron chi connectivity index (χ0n) is 14.8. The van der Waals surface area contributed by atoms with Gasteiger partial charge in [-0.15, -0.1) is 0 Å². The lowest BCUT2D eigenvalue weighted by Gasteiger charge is -2.17. The Balaban J connectivity index is 2.26. The zero-order chi connectivity index (χ0) is 19.1. The molecule has 1 saturated carbocycles. The van der Waals surface area contributed by atoms with E-state index in [1.807, 2.05) is 0 Å². The molecule has 26 heavy (non-hydrogen) atoms. The molecule has 0 saturated heterocycles. The Labute approximate surface area is 164 Å². The smallest absolute Gasteiger partial charge is 0.167 e. The molecule has 1 aliphatic carbocycles. The molecular weight excluding hydrogens is 373 g/mol. The van der Waals surface area contributed by atoms with Gasteiger partial charge in [-0.25, -0.2) is 0 Å². The van der Waals surface area contributed by atoms with Crippen LogP contribution in [-0.4, -0.2) is 19.0 Å². The fourth-order valence-electron chi connectivity index (χ4n) is 2.90. The van der Waals surface area contributed by atoms with Gasteiger partial charge in [0.15, 0.2) is 17.3 Å². The molecule has 2 rings (SSSR count). The van der Waals surface area contributed by atoms with Crippen molar-refractivity contribution in [1.82, 2.24) is 0 Å². The number of hydrogen-bond acceptors (Lipinski definition) is 4. The molecule has 1 aromatic carbocycles. The average molecular weight is 396 g/mol. The highest BCUT2D eigenvalue weighted by Gasteiger charge is 2.20. The second-order valence-electron chi connectivity index (χ2n) is 6.04. The number of rotatable bonds is 8. The summed E-state index contributed by atoms with van der Waals surface area (Å²) in [6.07, 6.45) is 7.15. The summed E-state index contributed by atoms with van der Waals surface area (Å²) in [5.74, 6) is 1.03. The predicted molar refractivity (Wildman–Crippen MR) is 106 cm³/mol. The standard InChI is InChI=1S/C20H23Cl2NO3/c1-3-16(21)15(17(22)12-23)11-18(24)13-8-9-19(25-2)20(10-13)26-14-6-4-5-7-14/h3,8-10,12,14H,1,4-7,11,23H2,2H3/b16-15+,17-12+. The highest BCUT2D eigenvalue weighted by Crippen LogP contribution is 2.34. The number of carbonyl (C=O) groups excluding carboxylic acids is 1. The van der Waals surface area contributed by atoms with Gasteiger partial charge < -0.3 is 15.2 Å². The van der Waals surface area contributed by atoms with Crippen LogP contribution in [0, 0.1) is 0 Å². The number of carbonyl (C=O) groups is 1. The molecule has 140 valence electrons. The second kappa shape index (κ2) is 9.70. The van der Waals surface area contributed by atoms with Gasteiger partial charge in [0.05, 0.1) is 18.2 Å². The third-order valence-electron chi connectivity index (χ3n) is 4.32. The van der Waals surface area contributed by atoms with Gasteiger partial charge >= 0.3 is 0 Å². The Morgan fingerprint density at radius 3 is 2.58 bits per heavy atom. The largest absolute Gasteiger partial charge is 0.493 e. The molecular formula is C20H23Cl2NO3. The summed E-state index contributed by atoms with van der Waals surface area (Å²) >= 11 is 12.2. The quantitative estimate of drug-likeness (QED) is 0.478. The Morgan fingerprint density at radius 2 is 2.00 bits per heavy atom. The number of ether oxygens (including phenoxy) is 2. The molecule has 0 amide bonds. The molecule has 0 unspecified atom stereocenters. The number of benzene rings is 1. The monoisotopic (exact) mass is 395 g/mol. The van der Waals surface area contributed by atoms with Gasteiger partial charge in [-0.2, -0.15) is 0 Å². The maximum atomic E-state index is 12.7. The van der Waals surface area contributed by atoms with Crippen LogP contribution in [0.25, 0.3) is 0 Å². The lowest BCUT2D eigenvalue weighted by Crippen LogP contribution is -2.12. The maximum absolute atomic E-state index is 12.7. The van der Waals surface area contributed by atoms with E-state index in [0.29, 0.717) is 27.7 Å². The summed E-state index contributed by atoms with van der Waals surface area (Å²) in [5.41, 5.74) is 6.39. The fraction of sp³-hybridized carbons (Fsp3) is 0.350. The molecule has 0 spiro atoms. The highest BCUT2D eigenvalue weighted by molar-refractivity contribution is 6.36. The predicted octanol–water partition coefficient (Wildman–Crippen LogP) is 5.31. The van der Waals surface area contributed by atoms with Crippen LogP contribution in [0.4, 0.5) is 0 Å². The first-order valence-electron chi connectivity index (χ1n) is 8.46. The summed E-state index contributed by atoms with van der Waals surface area (Å²) in [6.45, 7) is 3.61. The molecule has 1 aliphatic rings. The van der Waals surface area contributed by atoms with Crippen LogP contribution in [0.3, 0.4) is 0 Å². The molecule has 0 bridgehead atoms. The third kappa shape index (κ3) is 5.05. The van der Waals surface area contributed by atoms with Gasteiger partial charge in [0, 0.05) is 23.2 Å². The van der Waals surface area contributed by atoms with Gasteiger partial charge in [0.1, 0.15) is 0 Å². The van der Waals surface area contributed by atoms with Gasteiger partial charge in [0.25, 0.3) is 0 Å². The average Bonchev–Trinajstić information content (AvgIpc) is 3.17. The Kier molecular flexibility index (Phi) is 7.61. The molecule has 0 aliphatic heterocycles. The second-order valence-corrected chi connectivity index (χ2v) is 6.85. The Hall–Kier alpha value is -1.91. The number of allylic oxidation sites excluding steroid dienone is 4. The van der Waals surface area contributed by atoms with E-state index >= 15 is 0 Å². The van der Waals surface area contributed by atoms with Crippen molar-refractivity contribution < 1.29 is 14.3 Å². The minimum Gasteiger partial charge on any atom is -0.493 e. The maximum Gasteiger partial charge on any atom is 0.167 e. The first kappa shape index (κ1) is 20.4. The van der Waals surface area contributed by atoms with Crippen LogP contribution in [-0.2, 0) is 0 Å². The first-order valence-corrected chi connectivity index (χ1v) is 9.22. The minimum absolute atomic E-state index is 0.00653. The number of methoxy groups -OCH3 is 1. The van der Waals surface area contributed by atoms with Gasteiger partial charge in [-0.05, 0) is 49.5 Å². The third-order valence-corrected chi connectivity index (χ3v) is 5.06. The van der Waals surface area contributed by atoms with E-state index in [2.05, 4.69) is 6.58 Å². The van der Waals surface area contributed by atoms with E-state index in [1.54, 1.807) is 25.3 Å². The molecule has 0 radical (unpaired) electrons. The molecule has 0 aromatic heterocycles. The van der Waals surface area contributed by atoms with Crippen LogP contribution >= 0.6 is 23.2 Å². The molecule has 1 aromatic rings. The molecule has 0 atom stereocenters. The van der Waals surface area contributed by atoms with Crippen LogP contribution in [0.1, 0.15) is 42.5 Å². The topological polar surface area (TPSA) is 61.5 Å². The molecule has 1 fully saturated rings. The van der Waals surface area contributed by atoms with Crippen molar-refractivity contribution in [3.63, 3.8) is 0 Å². The van der Waals surface area contributed by atoms with Gasteiger partial charge in [0.2, 0.25) is 0 Å². The summed E-state index contributed by atoms with van der Waals surface area (Å²) in [6, 6.07) is 5.14. The number of ketones is 1. The molecule has 2 N–H and O–H groups in total. The number of hydrogen-bond donors (Lipinski definition) is 1. The highest BCUT2D eigenvalue weighted by atomic mass is 35.5. The summed E-state index contributed by atoms with van der Waals surface area (Å²) < 4.78 is 11.4. The van der Waals surface area contributed by atoms with E-state index < -0.39 is 0 Å². The lowest BCUT2D eigenvalue weighted by atomic mass is 10.0. The summed E-state index contributed by atoms with van der Waals surface area (Å²) in [5, 5.41) is 0.514. The van der Waals surface area contributed by atoms with Crippen molar-refractivity contribution >= 4 is 29.0 Å². The van der Waals surface area contributed by atoms with Crippen LogP contribution in [0.5, 0.6) is 11.5 Å². The number of halogens is 2. The lowest BCUT2D eigenvalue weighted by molar-refractivity contribution is 0.0992. The van der Waals surface area contributed by atoms with Crippen molar-refractivity contribution in [2.24, 2.45) is 5.73 Å².